The zero-order chi connectivity index (χ0) is 12.7. The molecule has 0 aromatic heterocycles. The number of ether oxygens (including phenoxy) is 1. The van der Waals surface area contributed by atoms with Crippen LogP contribution in [0, 0.1) is 0 Å². The van der Waals surface area contributed by atoms with Crippen LogP contribution in [0.3, 0.4) is 0 Å². The largest absolute Gasteiger partial charge is 0.482 e. The molecule has 0 radical (unpaired) electrons. The molecule has 90 valence electrons. The lowest BCUT2D eigenvalue weighted by molar-refractivity contribution is -0.139. The minimum Gasteiger partial charge on any atom is -0.482 e. The van der Waals surface area contributed by atoms with Crippen molar-refractivity contribution in [2.75, 3.05) is 6.61 Å². The van der Waals surface area contributed by atoms with Gasteiger partial charge < -0.3 is 15.6 Å². The third-order valence-electron chi connectivity index (χ3n) is 1.63. The van der Waals surface area contributed by atoms with Crippen molar-refractivity contribution in [3.05, 3.63) is 29.8 Å². The second-order valence-electron chi connectivity index (χ2n) is 2.99. The molecule has 7 heteroatoms. The summed E-state index contributed by atoms with van der Waals surface area (Å²) in [5.41, 5.74) is 8.40. The van der Waals surface area contributed by atoms with E-state index in [-0.39, 0.29) is 11.7 Å². The SMILES string of the molecule is NC(=S)NN=Cc1ccc(OCC(=O)O)cc1. The summed E-state index contributed by atoms with van der Waals surface area (Å²) in [4.78, 5) is 10.3. The summed E-state index contributed by atoms with van der Waals surface area (Å²) in [6.45, 7) is -0.365. The van der Waals surface area contributed by atoms with Crippen LogP contribution >= 0.6 is 12.2 Å². The monoisotopic (exact) mass is 253 g/mol. The Hall–Kier alpha value is -2.15. The number of benzene rings is 1. The molecule has 0 heterocycles. The number of hydrogen-bond acceptors (Lipinski definition) is 4. The van der Waals surface area contributed by atoms with E-state index in [0.717, 1.165) is 5.56 Å². The van der Waals surface area contributed by atoms with Gasteiger partial charge in [-0.05, 0) is 42.0 Å². The van der Waals surface area contributed by atoms with Crippen LogP contribution < -0.4 is 15.9 Å². The molecule has 0 saturated heterocycles. The number of nitrogens with two attached hydrogens (primary N) is 1. The standard InChI is InChI=1S/C10H11N3O3S/c11-10(17)13-12-5-7-1-3-8(4-2-7)16-6-9(14)15/h1-5H,6H2,(H,14,15)(H3,11,13,17). The number of thiocarbonyl (C=S) groups is 1. The summed E-state index contributed by atoms with van der Waals surface area (Å²) in [7, 11) is 0. The summed E-state index contributed by atoms with van der Waals surface area (Å²) < 4.78 is 4.96. The van der Waals surface area contributed by atoms with Gasteiger partial charge in [0.2, 0.25) is 0 Å². The third-order valence-corrected chi connectivity index (χ3v) is 1.72. The highest BCUT2D eigenvalue weighted by atomic mass is 32.1. The van der Waals surface area contributed by atoms with Gasteiger partial charge in [0.15, 0.2) is 11.7 Å². The maximum atomic E-state index is 10.3. The fourth-order valence-corrected chi connectivity index (χ4v) is 1.02. The number of hydrazone groups is 1. The van der Waals surface area contributed by atoms with Gasteiger partial charge in [-0.15, -0.1) is 0 Å². The number of nitrogens with zero attached hydrogens (tertiary/aromatic N) is 1. The molecule has 0 spiro atoms. The lowest BCUT2D eigenvalue weighted by atomic mass is 10.2. The molecule has 17 heavy (non-hydrogen) atoms. The molecule has 0 aliphatic rings. The van der Waals surface area contributed by atoms with Gasteiger partial charge >= 0.3 is 5.97 Å². The van der Waals surface area contributed by atoms with Crippen LogP contribution in [0.15, 0.2) is 29.4 Å². The Bertz CT molecular complexity index is 431. The molecular weight excluding hydrogens is 242 g/mol. The molecule has 0 saturated carbocycles. The first-order valence-corrected chi connectivity index (χ1v) is 5.02. The van der Waals surface area contributed by atoms with Crippen molar-refractivity contribution in [2.24, 2.45) is 10.8 Å². The van der Waals surface area contributed by atoms with Crippen LogP contribution in [0.1, 0.15) is 5.56 Å². The van der Waals surface area contributed by atoms with Gasteiger partial charge in [0.1, 0.15) is 5.75 Å². The average Bonchev–Trinajstić information content (AvgIpc) is 2.27. The molecule has 0 atom stereocenters. The van der Waals surface area contributed by atoms with Gasteiger partial charge in [-0.3, -0.25) is 5.43 Å². The smallest absolute Gasteiger partial charge is 0.341 e. The zero-order valence-corrected chi connectivity index (χ0v) is 9.61. The lowest BCUT2D eigenvalue weighted by Gasteiger charge is -2.02. The highest BCUT2D eigenvalue weighted by Crippen LogP contribution is 2.10. The fraction of sp³-hybridized carbons (Fsp3) is 0.100. The first-order valence-electron chi connectivity index (χ1n) is 4.61. The van der Waals surface area contributed by atoms with E-state index in [4.69, 9.17) is 15.6 Å². The molecule has 1 aromatic carbocycles. The summed E-state index contributed by atoms with van der Waals surface area (Å²) >= 11 is 4.57. The minimum absolute atomic E-state index is 0.0858. The van der Waals surface area contributed by atoms with E-state index in [9.17, 15) is 4.79 Å². The molecule has 0 unspecified atom stereocenters. The predicted octanol–water partition coefficient (Wildman–Crippen LogP) is 0.317. The van der Waals surface area contributed by atoms with Crippen molar-refractivity contribution in [2.45, 2.75) is 0 Å². The van der Waals surface area contributed by atoms with Crippen LogP contribution in [0.2, 0.25) is 0 Å². The number of rotatable bonds is 5. The first-order chi connectivity index (χ1) is 8.08. The first kappa shape index (κ1) is 12.9. The maximum Gasteiger partial charge on any atom is 0.341 e. The van der Waals surface area contributed by atoms with Crippen molar-refractivity contribution >= 4 is 29.5 Å². The topological polar surface area (TPSA) is 96.9 Å². The second kappa shape index (κ2) is 6.44. The number of carboxylic acids is 1. The van der Waals surface area contributed by atoms with E-state index in [0.29, 0.717) is 5.75 Å². The van der Waals surface area contributed by atoms with Gasteiger partial charge in [0.25, 0.3) is 0 Å². The third kappa shape index (κ3) is 5.47. The van der Waals surface area contributed by atoms with Gasteiger partial charge in [0.05, 0.1) is 6.21 Å². The molecule has 0 amide bonds. The Balaban J connectivity index is 2.52. The van der Waals surface area contributed by atoms with Crippen LogP contribution in [0.4, 0.5) is 0 Å². The average molecular weight is 253 g/mol. The molecule has 0 aliphatic carbocycles. The molecule has 0 fully saturated rings. The van der Waals surface area contributed by atoms with E-state index < -0.39 is 5.97 Å². The fourth-order valence-electron chi connectivity index (χ4n) is 0.966. The van der Waals surface area contributed by atoms with Crippen LogP contribution in [-0.4, -0.2) is 29.0 Å². The Morgan fingerprint density at radius 3 is 2.71 bits per heavy atom. The second-order valence-corrected chi connectivity index (χ2v) is 3.43. The van der Waals surface area contributed by atoms with Crippen molar-refractivity contribution in [3.63, 3.8) is 0 Å². The zero-order valence-electron chi connectivity index (χ0n) is 8.79. The van der Waals surface area contributed by atoms with Gasteiger partial charge in [-0.1, -0.05) is 0 Å². The van der Waals surface area contributed by atoms with Crippen LogP contribution in [-0.2, 0) is 4.79 Å². The maximum absolute atomic E-state index is 10.3. The summed E-state index contributed by atoms with van der Waals surface area (Å²) in [5, 5.41) is 12.3. The van der Waals surface area contributed by atoms with Gasteiger partial charge in [0, 0.05) is 0 Å². The molecule has 0 aliphatic heterocycles. The van der Waals surface area contributed by atoms with E-state index in [1.54, 1.807) is 24.3 Å². The molecule has 4 N–H and O–H groups in total. The molecule has 1 aromatic rings. The highest BCUT2D eigenvalue weighted by molar-refractivity contribution is 7.80. The van der Waals surface area contributed by atoms with Crippen molar-refractivity contribution < 1.29 is 14.6 Å². The molecular formula is C10H11N3O3S. The van der Waals surface area contributed by atoms with E-state index in [1.807, 2.05) is 0 Å². The van der Waals surface area contributed by atoms with Gasteiger partial charge in [-0.2, -0.15) is 5.10 Å². The predicted molar refractivity (Wildman–Crippen MR) is 67.1 cm³/mol. The van der Waals surface area contributed by atoms with E-state index >= 15 is 0 Å². The number of hydrogen-bond donors (Lipinski definition) is 3. The summed E-state index contributed by atoms with van der Waals surface area (Å²) in [6.07, 6.45) is 1.53. The normalized spacial score (nSPS) is 10.1. The number of carboxylic acid groups (broad SMARTS) is 1. The van der Waals surface area contributed by atoms with Crippen LogP contribution in [0.5, 0.6) is 5.75 Å². The summed E-state index contributed by atoms with van der Waals surface area (Å²) in [6, 6.07) is 6.74. The molecule has 1 rings (SSSR count). The Morgan fingerprint density at radius 1 is 1.53 bits per heavy atom. The molecule has 6 nitrogen and oxygen atoms in total. The van der Waals surface area contributed by atoms with E-state index in [1.165, 1.54) is 6.21 Å². The highest BCUT2D eigenvalue weighted by Gasteiger charge is 1.98. The minimum atomic E-state index is -1.02. The Morgan fingerprint density at radius 2 is 2.18 bits per heavy atom. The number of carbonyl (C=O) groups is 1. The van der Waals surface area contributed by atoms with Crippen molar-refractivity contribution in [3.8, 4) is 5.75 Å². The van der Waals surface area contributed by atoms with Crippen molar-refractivity contribution in [1.82, 2.24) is 5.43 Å². The quantitative estimate of drug-likeness (QED) is 0.397. The number of aliphatic carboxylic acids is 1. The van der Waals surface area contributed by atoms with E-state index in [2.05, 4.69) is 22.7 Å². The lowest BCUT2D eigenvalue weighted by Crippen LogP contribution is -2.23. The summed E-state index contributed by atoms with van der Waals surface area (Å²) in [5.74, 6) is -0.539. The molecule has 0 bridgehead atoms. The van der Waals surface area contributed by atoms with Crippen LogP contribution in [0.25, 0.3) is 0 Å². The van der Waals surface area contributed by atoms with Crippen molar-refractivity contribution in [1.29, 1.82) is 0 Å². The number of nitrogens with one attached hydrogen (secondary N) is 1. The Labute approximate surface area is 103 Å². The van der Waals surface area contributed by atoms with Gasteiger partial charge in [-0.25, -0.2) is 4.79 Å². The Kier molecular flexibility index (Phi) is 4.89.